The zero-order valence-corrected chi connectivity index (χ0v) is 38.2. The SMILES string of the molecule is C[C@H]1[C@H](C)CC[C@]23CO[C@]4(C=C[C@@H]5[C@@]6(C)CC[C@H](O[C@@H]7O[C@H](C)[C@H](O)[C@H](O)[C@H]7O[C@@H]7O[C@H](CO)[C@@H](O)[C@H](O)[C@H]7O[C@@H]7OC[C@@H](O)[C@H](O)[C@H]7O)C(C)(C)[C@@H]6CC[C@@]5(C)[C@]4(C)C[C@H]2O)[C@H]13. The molecule has 9 aliphatic rings. The molecule has 4 aliphatic heterocycles. The first-order valence-electron chi connectivity index (χ1n) is 23.8. The highest BCUT2D eigenvalue weighted by molar-refractivity contribution is 5.36. The summed E-state index contributed by atoms with van der Waals surface area (Å²) in [5, 5.41) is 98.1. The number of fused-ring (bicyclic) bond motifs is 4. The fourth-order valence-corrected chi connectivity index (χ4v) is 15.8. The van der Waals surface area contributed by atoms with Gasteiger partial charge in [-0.2, -0.15) is 0 Å². The number of aliphatic hydroxyl groups is 9. The van der Waals surface area contributed by atoms with E-state index in [1.807, 2.05) is 0 Å². The van der Waals surface area contributed by atoms with Crippen molar-refractivity contribution in [3.05, 3.63) is 12.2 Å². The third-order valence-electron chi connectivity index (χ3n) is 19.8. The van der Waals surface area contributed by atoms with Crippen LogP contribution in [0.5, 0.6) is 0 Å². The molecule has 16 nitrogen and oxygen atoms in total. The van der Waals surface area contributed by atoms with Crippen LogP contribution < -0.4 is 0 Å². The van der Waals surface area contributed by atoms with Gasteiger partial charge in [-0.25, -0.2) is 0 Å². The highest BCUT2D eigenvalue weighted by Crippen LogP contribution is 2.79. The topological polar surface area (TPSA) is 247 Å². The molecular formula is C47H76O16. The lowest BCUT2D eigenvalue weighted by atomic mass is 9.31. The number of hydrogen-bond donors (Lipinski definition) is 9. The molecular weight excluding hydrogens is 821 g/mol. The van der Waals surface area contributed by atoms with Crippen LogP contribution in [-0.2, 0) is 33.2 Å². The van der Waals surface area contributed by atoms with E-state index in [0.29, 0.717) is 24.9 Å². The molecule has 63 heavy (non-hydrogen) atoms. The molecule has 9 rings (SSSR count). The van der Waals surface area contributed by atoms with Gasteiger partial charge in [0.15, 0.2) is 18.9 Å². The number of allylic oxidation sites excluding steroid dienone is 1. The summed E-state index contributed by atoms with van der Waals surface area (Å²) in [4.78, 5) is 0. The average molecular weight is 897 g/mol. The number of aliphatic hydroxyl groups excluding tert-OH is 9. The Morgan fingerprint density at radius 3 is 2.06 bits per heavy atom. The van der Waals surface area contributed by atoms with Crippen molar-refractivity contribution >= 4 is 0 Å². The molecule has 2 bridgehead atoms. The van der Waals surface area contributed by atoms with Gasteiger partial charge in [0, 0.05) is 16.7 Å². The smallest absolute Gasteiger partial charge is 0.187 e. The molecule has 0 aromatic carbocycles. The molecule has 0 aromatic rings. The Kier molecular flexibility index (Phi) is 12.1. The maximum atomic E-state index is 12.2. The van der Waals surface area contributed by atoms with Crippen LogP contribution in [0.2, 0.25) is 0 Å². The van der Waals surface area contributed by atoms with Gasteiger partial charge in [0.1, 0.15) is 61.0 Å². The minimum absolute atomic E-state index is 0.139. The van der Waals surface area contributed by atoms with E-state index in [2.05, 4.69) is 60.6 Å². The van der Waals surface area contributed by atoms with Crippen LogP contribution in [0.25, 0.3) is 0 Å². The monoisotopic (exact) mass is 897 g/mol. The molecule has 0 unspecified atom stereocenters. The van der Waals surface area contributed by atoms with Gasteiger partial charge in [-0.3, -0.25) is 0 Å². The predicted molar refractivity (Wildman–Crippen MR) is 222 cm³/mol. The number of hydrogen-bond acceptors (Lipinski definition) is 16. The number of ether oxygens (including phenoxy) is 7. The van der Waals surface area contributed by atoms with Crippen molar-refractivity contribution in [3.8, 4) is 0 Å². The summed E-state index contributed by atoms with van der Waals surface area (Å²) in [5.74, 6) is 1.64. The third kappa shape index (κ3) is 6.58. The van der Waals surface area contributed by atoms with Crippen molar-refractivity contribution in [2.24, 2.45) is 56.7 Å². The molecule has 4 saturated heterocycles. The molecule has 16 heteroatoms. The zero-order valence-electron chi connectivity index (χ0n) is 38.2. The van der Waals surface area contributed by atoms with E-state index in [1.54, 1.807) is 6.92 Å². The second kappa shape index (κ2) is 16.1. The van der Waals surface area contributed by atoms with E-state index in [0.717, 1.165) is 38.5 Å². The molecule has 4 saturated carbocycles. The summed E-state index contributed by atoms with van der Waals surface area (Å²) >= 11 is 0. The van der Waals surface area contributed by atoms with Gasteiger partial charge in [0.25, 0.3) is 0 Å². The summed E-state index contributed by atoms with van der Waals surface area (Å²) < 4.78 is 44.0. The maximum absolute atomic E-state index is 12.2. The van der Waals surface area contributed by atoms with Gasteiger partial charge < -0.3 is 79.1 Å². The first-order chi connectivity index (χ1) is 29.5. The standard InChI is InChI=1S/C47H76O16/c1-21-9-15-46-20-58-47(38(46)22(21)2)16-11-27-43(6)13-12-29(42(4,5)26(43)10-14-44(27,7)45(47,8)17-28(46)50)61-40-36(33(54)30(51)23(3)59-40)63-41-37(34(55)32(53)25(18-48)60-41)62-39-35(56)31(52)24(49)19-57-39/h11,16,21-41,48-56H,9-10,12-15,17-20H2,1-8H3/t21-,22+,23-,24-,25-,26+,27-,28-,29+,30+,31+,32-,33+,34+,35-,36-,37-,38-,39+,40+,41+,43+,44-,45+,46+,47-/m1/s1. The van der Waals surface area contributed by atoms with E-state index in [-0.39, 0.29) is 39.4 Å². The molecule has 1 spiro atoms. The van der Waals surface area contributed by atoms with E-state index < -0.39 is 122 Å². The van der Waals surface area contributed by atoms with Crippen molar-refractivity contribution < 1.29 is 79.1 Å². The molecule has 8 fully saturated rings. The summed E-state index contributed by atoms with van der Waals surface area (Å²) in [6.07, 6.45) is -10.7. The van der Waals surface area contributed by atoms with Crippen molar-refractivity contribution in [3.63, 3.8) is 0 Å². The quantitative estimate of drug-likeness (QED) is 0.128. The average Bonchev–Trinajstić information content (AvgIpc) is 3.54. The van der Waals surface area contributed by atoms with E-state index in [4.69, 9.17) is 33.2 Å². The van der Waals surface area contributed by atoms with Crippen molar-refractivity contribution in [2.45, 2.75) is 204 Å². The first-order valence-corrected chi connectivity index (χ1v) is 23.8. The Hall–Kier alpha value is -0.900. The van der Waals surface area contributed by atoms with Gasteiger partial charge >= 0.3 is 0 Å². The summed E-state index contributed by atoms with van der Waals surface area (Å²) in [6.45, 7) is 17.6. The van der Waals surface area contributed by atoms with Gasteiger partial charge in [-0.05, 0) is 91.8 Å². The van der Waals surface area contributed by atoms with Crippen LogP contribution in [0.1, 0.15) is 100 Å². The lowest BCUT2D eigenvalue weighted by Crippen LogP contribution is -2.73. The molecule has 9 N–H and O–H groups in total. The lowest BCUT2D eigenvalue weighted by molar-refractivity contribution is -0.393. The molecule has 5 aliphatic carbocycles. The van der Waals surface area contributed by atoms with Crippen LogP contribution >= 0.6 is 0 Å². The van der Waals surface area contributed by atoms with E-state index in [9.17, 15) is 46.0 Å². The maximum Gasteiger partial charge on any atom is 0.187 e. The highest BCUT2D eigenvalue weighted by atomic mass is 16.8. The van der Waals surface area contributed by atoms with Gasteiger partial charge in [-0.15, -0.1) is 0 Å². The van der Waals surface area contributed by atoms with Crippen molar-refractivity contribution in [2.75, 3.05) is 19.8 Å². The van der Waals surface area contributed by atoms with Gasteiger partial charge in [0.05, 0.1) is 43.7 Å². The lowest BCUT2D eigenvalue weighted by Gasteiger charge is -2.73. The van der Waals surface area contributed by atoms with Crippen LogP contribution in [0, 0.1) is 56.7 Å². The van der Waals surface area contributed by atoms with E-state index in [1.165, 1.54) is 0 Å². The molecule has 0 aromatic heterocycles. The van der Waals surface area contributed by atoms with Gasteiger partial charge in [0.2, 0.25) is 0 Å². The Morgan fingerprint density at radius 1 is 0.698 bits per heavy atom. The zero-order chi connectivity index (χ0) is 45.6. The van der Waals surface area contributed by atoms with Crippen LogP contribution in [0.4, 0.5) is 0 Å². The molecule has 0 amide bonds. The summed E-state index contributed by atoms with van der Waals surface area (Å²) in [7, 11) is 0. The Morgan fingerprint density at radius 2 is 1.37 bits per heavy atom. The van der Waals surface area contributed by atoms with Crippen LogP contribution in [0.3, 0.4) is 0 Å². The Labute approximate surface area is 371 Å². The summed E-state index contributed by atoms with van der Waals surface area (Å²) in [6, 6.07) is 0. The molecule has 0 radical (unpaired) electrons. The van der Waals surface area contributed by atoms with Gasteiger partial charge in [-0.1, -0.05) is 60.6 Å². The van der Waals surface area contributed by atoms with Crippen LogP contribution in [-0.4, -0.2) is 170 Å². The minimum Gasteiger partial charge on any atom is -0.394 e. The van der Waals surface area contributed by atoms with Crippen molar-refractivity contribution in [1.82, 2.24) is 0 Å². The summed E-state index contributed by atoms with van der Waals surface area (Å²) in [5.41, 5.74) is -1.67. The van der Waals surface area contributed by atoms with E-state index >= 15 is 0 Å². The molecule has 360 valence electrons. The largest absolute Gasteiger partial charge is 0.394 e. The second-order valence-corrected chi connectivity index (χ2v) is 22.9. The Bertz CT molecular complexity index is 1720. The fourth-order valence-electron chi connectivity index (χ4n) is 15.8. The predicted octanol–water partition coefficient (Wildman–Crippen LogP) is 1.12. The highest BCUT2D eigenvalue weighted by Gasteiger charge is 2.79. The molecule has 26 atom stereocenters. The van der Waals surface area contributed by atoms with Crippen LogP contribution in [0.15, 0.2) is 12.2 Å². The fraction of sp³-hybridized carbons (Fsp3) is 0.957. The second-order valence-electron chi connectivity index (χ2n) is 22.9. The third-order valence-corrected chi connectivity index (χ3v) is 19.8. The number of rotatable bonds is 7. The normalized spacial score (nSPS) is 59.8. The molecule has 4 heterocycles. The van der Waals surface area contributed by atoms with Crippen molar-refractivity contribution in [1.29, 1.82) is 0 Å². The minimum atomic E-state index is -1.78. The first kappa shape index (κ1) is 47.2. The Balaban J connectivity index is 0.978.